The summed E-state index contributed by atoms with van der Waals surface area (Å²) in [5, 5.41) is 11.8. The number of carbonyl (C=O) groups excluding carboxylic acids is 1. The van der Waals surface area contributed by atoms with Crippen molar-refractivity contribution in [1.29, 1.82) is 0 Å². The monoisotopic (exact) mass is 292 g/mol. The minimum Gasteiger partial charge on any atom is -0.480 e. The molecule has 1 amide bonds. The van der Waals surface area contributed by atoms with Gasteiger partial charge in [-0.25, -0.2) is 4.79 Å². The smallest absolute Gasteiger partial charge is 0.326 e. The van der Waals surface area contributed by atoms with Gasteiger partial charge in [0.1, 0.15) is 6.04 Å². The van der Waals surface area contributed by atoms with E-state index in [9.17, 15) is 14.7 Å². The Labute approximate surface area is 125 Å². The molecule has 0 radical (unpaired) electrons. The first kappa shape index (κ1) is 17.2. The summed E-state index contributed by atoms with van der Waals surface area (Å²) in [5.74, 6) is -1.22. The Kier molecular flexibility index (Phi) is 7.46. The molecule has 0 saturated heterocycles. The van der Waals surface area contributed by atoms with Crippen LogP contribution in [-0.4, -0.2) is 29.1 Å². The average Bonchev–Trinajstić information content (AvgIpc) is 2.43. The predicted octanol–water partition coefficient (Wildman–Crippen LogP) is 1.71. The number of aliphatic carboxylic acids is 1. The van der Waals surface area contributed by atoms with Gasteiger partial charge in [-0.05, 0) is 38.2 Å². The maximum atomic E-state index is 11.7. The molecule has 0 spiro atoms. The lowest BCUT2D eigenvalue weighted by molar-refractivity contribution is -0.142. The van der Waals surface area contributed by atoms with Crippen molar-refractivity contribution in [2.75, 3.05) is 0 Å². The van der Waals surface area contributed by atoms with Gasteiger partial charge in [-0.3, -0.25) is 4.79 Å². The number of benzene rings is 1. The highest BCUT2D eigenvalue weighted by Crippen LogP contribution is 2.06. The zero-order chi connectivity index (χ0) is 15.7. The van der Waals surface area contributed by atoms with Crippen molar-refractivity contribution >= 4 is 11.9 Å². The third-order valence-electron chi connectivity index (χ3n) is 3.26. The highest BCUT2D eigenvalue weighted by atomic mass is 16.4. The molecule has 2 atom stereocenters. The Hall–Kier alpha value is -1.88. The number of hydrogen-bond donors (Lipinski definition) is 3. The molecule has 0 aliphatic rings. The van der Waals surface area contributed by atoms with Gasteiger partial charge in [-0.15, -0.1) is 0 Å². The first-order chi connectivity index (χ1) is 9.99. The van der Waals surface area contributed by atoms with Gasteiger partial charge in [-0.2, -0.15) is 0 Å². The normalized spacial score (nSPS) is 13.4. The van der Waals surface area contributed by atoms with Crippen LogP contribution in [0.4, 0.5) is 0 Å². The quantitative estimate of drug-likeness (QED) is 0.646. The van der Waals surface area contributed by atoms with Gasteiger partial charge in [0.05, 0.1) is 0 Å². The molecule has 21 heavy (non-hydrogen) atoms. The molecule has 0 saturated carbocycles. The number of aryl methyl sites for hydroxylation is 1. The third kappa shape index (κ3) is 7.46. The second kappa shape index (κ2) is 9.13. The summed E-state index contributed by atoms with van der Waals surface area (Å²) in [6.07, 6.45) is 2.76. The van der Waals surface area contributed by atoms with Crippen molar-refractivity contribution in [2.45, 2.75) is 51.1 Å². The fourth-order valence-corrected chi connectivity index (χ4v) is 2.06. The highest BCUT2D eigenvalue weighted by molar-refractivity contribution is 5.83. The molecule has 1 aromatic rings. The molecule has 5 nitrogen and oxygen atoms in total. The van der Waals surface area contributed by atoms with E-state index in [4.69, 9.17) is 5.73 Å². The van der Waals surface area contributed by atoms with Crippen molar-refractivity contribution in [3.63, 3.8) is 0 Å². The molecule has 0 bridgehead atoms. The molecule has 1 aromatic carbocycles. The van der Waals surface area contributed by atoms with E-state index in [0.29, 0.717) is 25.7 Å². The fraction of sp³-hybridized carbons (Fsp3) is 0.500. The molecule has 0 aliphatic carbocycles. The number of carboxylic acids is 1. The van der Waals surface area contributed by atoms with Crippen molar-refractivity contribution in [1.82, 2.24) is 5.32 Å². The zero-order valence-electron chi connectivity index (χ0n) is 12.4. The van der Waals surface area contributed by atoms with Crippen LogP contribution < -0.4 is 11.1 Å². The number of nitrogens with two attached hydrogens (primary N) is 1. The van der Waals surface area contributed by atoms with Crippen LogP contribution in [0.5, 0.6) is 0 Å². The molecule has 0 heterocycles. The molecule has 1 unspecified atom stereocenters. The first-order valence-electron chi connectivity index (χ1n) is 7.30. The maximum absolute atomic E-state index is 11.7. The lowest BCUT2D eigenvalue weighted by Gasteiger charge is -2.14. The van der Waals surface area contributed by atoms with Gasteiger partial charge in [0.25, 0.3) is 0 Å². The molecular formula is C16H24N2O3. The molecular weight excluding hydrogens is 268 g/mol. The van der Waals surface area contributed by atoms with Crippen molar-refractivity contribution in [3.8, 4) is 0 Å². The number of hydrogen-bond acceptors (Lipinski definition) is 3. The van der Waals surface area contributed by atoms with Crippen molar-refractivity contribution in [2.24, 2.45) is 5.73 Å². The van der Waals surface area contributed by atoms with Crippen LogP contribution in [0.2, 0.25) is 0 Å². The van der Waals surface area contributed by atoms with Gasteiger partial charge in [0, 0.05) is 12.5 Å². The standard InChI is InChI=1S/C16H24N2O3/c1-12(17)6-5-9-15(19)18-14(16(20)21)11-10-13-7-3-2-4-8-13/h2-4,7-8,12,14H,5-6,9-11,17H2,1H3,(H,18,19)(H,20,21)/t12?,14-/m0/s1. The number of rotatable bonds is 9. The van der Waals surface area contributed by atoms with Crippen LogP contribution in [-0.2, 0) is 16.0 Å². The Bertz CT molecular complexity index is 446. The Balaban J connectivity index is 2.39. The van der Waals surface area contributed by atoms with Gasteiger partial charge in [0.15, 0.2) is 0 Å². The van der Waals surface area contributed by atoms with E-state index in [-0.39, 0.29) is 11.9 Å². The number of nitrogens with one attached hydrogen (secondary N) is 1. The fourth-order valence-electron chi connectivity index (χ4n) is 2.06. The van der Waals surface area contributed by atoms with E-state index in [2.05, 4.69) is 5.32 Å². The molecule has 5 heteroatoms. The molecule has 0 aromatic heterocycles. The van der Waals surface area contributed by atoms with E-state index in [0.717, 1.165) is 12.0 Å². The second-order valence-electron chi connectivity index (χ2n) is 5.35. The van der Waals surface area contributed by atoms with Crippen LogP contribution in [0, 0.1) is 0 Å². The molecule has 1 rings (SSSR count). The zero-order valence-corrected chi connectivity index (χ0v) is 12.4. The lowest BCUT2D eigenvalue weighted by Crippen LogP contribution is -2.41. The summed E-state index contributed by atoms with van der Waals surface area (Å²) in [4.78, 5) is 22.9. The minimum atomic E-state index is -0.994. The van der Waals surface area contributed by atoms with E-state index in [1.54, 1.807) is 0 Å². The molecule has 0 fully saturated rings. The van der Waals surface area contributed by atoms with E-state index < -0.39 is 12.0 Å². The average molecular weight is 292 g/mol. The van der Waals surface area contributed by atoms with Crippen LogP contribution in [0.3, 0.4) is 0 Å². The van der Waals surface area contributed by atoms with Crippen LogP contribution in [0.1, 0.15) is 38.2 Å². The summed E-state index contributed by atoms with van der Waals surface area (Å²) in [6.45, 7) is 1.89. The molecule has 4 N–H and O–H groups in total. The van der Waals surface area contributed by atoms with Gasteiger partial charge >= 0.3 is 5.97 Å². The third-order valence-corrected chi connectivity index (χ3v) is 3.26. The number of carboxylic acid groups (broad SMARTS) is 1. The Morgan fingerprint density at radius 2 is 1.90 bits per heavy atom. The van der Waals surface area contributed by atoms with Gasteiger partial charge in [0.2, 0.25) is 5.91 Å². The predicted molar refractivity (Wildman–Crippen MR) is 81.8 cm³/mol. The minimum absolute atomic E-state index is 0.0613. The van der Waals surface area contributed by atoms with E-state index >= 15 is 0 Å². The van der Waals surface area contributed by atoms with E-state index in [1.807, 2.05) is 37.3 Å². The van der Waals surface area contributed by atoms with Crippen LogP contribution >= 0.6 is 0 Å². The first-order valence-corrected chi connectivity index (χ1v) is 7.30. The Morgan fingerprint density at radius 3 is 2.48 bits per heavy atom. The Morgan fingerprint density at radius 1 is 1.24 bits per heavy atom. The summed E-state index contributed by atoms with van der Waals surface area (Å²) in [6, 6.07) is 8.86. The largest absolute Gasteiger partial charge is 0.480 e. The maximum Gasteiger partial charge on any atom is 0.326 e. The van der Waals surface area contributed by atoms with Crippen LogP contribution in [0.15, 0.2) is 30.3 Å². The number of amides is 1. The van der Waals surface area contributed by atoms with Gasteiger partial charge < -0.3 is 16.2 Å². The SMILES string of the molecule is CC(N)CCCC(=O)N[C@@H](CCc1ccccc1)C(=O)O. The van der Waals surface area contributed by atoms with Crippen molar-refractivity contribution in [3.05, 3.63) is 35.9 Å². The lowest BCUT2D eigenvalue weighted by atomic mass is 10.0. The van der Waals surface area contributed by atoms with Crippen molar-refractivity contribution < 1.29 is 14.7 Å². The number of carbonyl (C=O) groups is 2. The van der Waals surface area contributed by atoms with E-state index in [1.165, 1.54) is 0 Å². The molecule has 0 aliphatic heterocycles. The van der Waals surface area contributed by atoms with Gasteiger partial charge in [-0.1, -0.05) is 30.3 Å². The summed E-state index contributed by atoms with van der Waals surface area (Å²) in [7, 11) is 0. The van der Waals surface area contributed by atoms with Crippen LogP contribution in [0.25, 0.3) is 0 Å². The molecule has 116 valence electrons. The topological polar surface area (TPSA) is 92.4 Å². The summed E-state index contributed by atoms with van der Waals surface area (Å²) < 4.78 is 0. The highest BCUT2D eigenvalue weighted by Gasteiger charge is 2.19. The summed E-state index contributed by atoms with van der Waals surface area (Å²) >= 11 is 0. The summed E-state index contributed by atoms with van der Waals surface area (Å²) in [5.41, 5.74) is 6.68. The second-order valence-corrected chi connectivity index (χ2v) is 5.35.